The van der Waals surface area contributed by atoms with E-state index in [-0.39, 0.29) is 24.0 Å². The lowest BCUT2D eigenvalue weighted by Gasteiger charge is -2.18. The molecule has 0 spiro atoms. The molecule has 4 nitrogen and oxygen atoms in total. The molecule has 1 aliphatic carbocycles. The molecule has 1 aromatic carbocycles. The predicted molar refractivity (Wildman–Crippen MR) is 114 cm³/mol. The molecule has 2 unspecified atom stereocenters. The van der Waals surface area contributed by atoms with Gasteiger partial charge >= 0.3 is 0 Å². The zero-order chi connectivity index (χ0) is 15.9. The summed E-state index contributed by atoms with van der Waals surface area (Å²) in [5, 5.41) is 7.76. The number of benzene rings is 1. The first-order valence-corrected chi connectivity index (χ1v) is 9.17. The van der Waals surface area contributed by atoms with Crippen molar-refractivity contribution in [3.8, 4) is 0 Å². The van der Waals surface area contributed by atoms with E-state index >= 15 is 0 Å². The van der Waals surface area contributed by atoms with Crippen LogP contribution in [0, 0.1) is 0 Å². The third kappa shape index (κ3) is 6.41. The molecule has 0 saturated heterocycles. The Hall–Kier alpha value is -0.630. The number of halogens is 1. The maximum absolute atomic E-state index is 4.34. The summed E-state index contributed by atoms with van der Waals surface area (Å²) in [5.41, 5.74) is 2.49. The zero-order valence-electron chi connectivity index (χ0n) is 14.5. The summed E-state index contributed by atoms with van der Waals surface area (Å²) in [5.74, 6) is 0.906. The van der Waals surface area contributed by atoms with Crippen molar-refractivity contribution in [1.82, 2.24) is 10.6 Å². The first-order chi connectivity index (χ1) is 10.6. The normalized spacial score (nSPS) is 20.8. The Morgan fingerprint density at radius 3 is 2.48 bits per heavy atom. The Kier molecular flexibility index (Phi) is 9.12. The molecule has 130 valence electrons. The van der Waals surface area contributed by atoms with Gasteiger partial charge in [-0.25, -0.2) is 0 Å². The van der Waals surface area contributed by atoms with Gasteiger partial charge in [0.25, 0.3) is 0 Å². The van der Waals surface area contributed by atoms with Crippen LogP contribution in [0.4, 0.5) is 5.69 Å². The maximum Gasteiger partial charge on any atom is 0.191 e. The van der Waals surface area contributed by atoms with Gasteiger partial charge in [-0.05, 0) is 43.2 Å². The number of guanidine groups is 1. The van der Waals surface area contributed by atoms with E-state index in [0.717, 1.165) is 17.8 Å². The van der Waals surface area contributed by atoms with Crippen LogP contribution < -0.4 is 15.5 Å². The quantitative estimate of drug-likeness (QED) is 0.412. The molecule has 2 N–H and O–H groups in total. The molecule has 1 fully saturated rings. The number of hydrogen-bond acceptors (Lipinski definition) is 3. The zero-order valence-corrected chi connectivity index (χ0v) is 17.7. The van der Waals surface area contributed by atoms with Crippen LogP contribution in [0.3, 0.4) is 0 Å². The molecule has 0 aromatic heterocycles. The molecule has 0 heterocycles. The summed E-state index contributed by atoms with van der Waals surface area (Å²) in [7, 11) is 5.95. The van der Waals surface area contributed by atoms with E-state index in [0.29, 0.717) is 6.04 Å². The Bertz CT molecular complexity index is 490. The van der Waals surface area contributed by atoms with Gasteiger partial charge in [-0.15, -0.1) is 24.0 Å². The second-order valence-corrected chi connectivity index (χ2v) is 7.14. The molecule has 6 heteroatoms. The van der Waals surface area contributed by atoms with Crippen molar-refractivity contribution in [1.29, 1.82) is 0 Å². The van der Waals surface area contributed by atoms with E-state index < -0.39 is 0 Å². The lowest BCUT2D eigenvalue weighted by molar-refractivity contribution is 0.614. The third-order valence-corrected chi connectivity index (χ3v) is 5.29. The highest BCUT2D eigenvalue weighted by molar-refractivity contribution is 14.0. The Morgan fingerprint density at radius 1 is 1.26 bits per heavy atom. The third-order valence-electron chi connectivity index (χ3n) is 4.19. The maximum atomic E-state index is 4.34. The largest absolute Gasteiger partial charge is 0.378 e. The van der Waals surface area contributed by atoms with E-state index in [1.165, 1.54) is 30.5 Å². The number of aliphatic imine (C=N–C) groups is 1. The average Bonchev–Trinajstić information content (AvgIpc) is 2.99. The van der Waals surface area contributed by atoms with Crippen LogP contribution in [0.15, 0.2) is 29.3 Å². The van der Waals surface area contributed by atoms with Crippen LogP contribution in [0.25, 0.3) is 0 Å². The number of nitrogens with one attached hydrogen (secondary N) is 2. The fourth-order valence-corrected chi connectivity index (χ4v) is 3.57. The van der Waals surface area contributed by atoms with E-state index in [9.17, 15) is 0 Å². The second-order valence-electron chi connectivity index (χ2n) is 6.00. The van der Waals surface area contributed by atoms with E-state index in [1.54, 1.807) is 0 Å². The molecule has 0 amide bonds. The lowest BCUT2D eigenvalue weighted by Crippen LogP contribution is -2.42. The minimum Gasteiger partial charge on any atom is -0.378 e. The molecule has 0 aliphatic heterocycles. The van der Waals surface area contributed by atoms with Gasteiger partial charge in [-0.1, -0.05) is 12.1 Å². The number of rotatable bonds is 5. The van der Waals surface area contributed by atoms with Crippen LogP contribution >= 0.6 is 35.7 Å². The van der Waals surface area contributed by atoms with E-state index in [2.05, 4.69) is 65.1 Å². The van der Waals surface area contributed by atoms with Crippen LogP contribution in [0.2, 0.25) is 0 Å². The van der Waals surface area contributed by atoms with Crippen molar-refractivity contribution in [2.45, 2.75) is 37.1 Å². The minimum absolute atomic E-state index is 0. The van der Waals surface area contributed by atoms with Gasteiger partial charge in [0.15, 0.2) is 5.96 Å². The molecule has 0 radical (unpaired) electrons. The summed E-state index contributed by atoms with van der Waals surface area (Å²) in [6.45, 7) is 0.798. The van der Waals surface area contributed by atoms with E-state index in [4.69, 9.17) is 0 Å². The first-order valence-electron chi connectivity index (χ1n) is 7.88. The number of anilines is 1. The van der Waals surface area contributed by atoms with Crippen LogP contribution in [-0.2, 0) is 6.54 Å². The van der Waals surface area contributed by atoms with Crippen molar-refractivity contribution < 1.29 is 0 Å². The summed E-state index contributed by atoms with van der Waals surface area (Å²) >= 11 is 1.98. The minimum atomic E-state index is 0. The highest BCUT2D eigenvalue weighted by Gasteiger charge is 2.24. The van der Waals surface area contributed by atoms with Crippen molar-refractivity contribution >= 4 is 47.4 Å². The molecule has 1 aromatic rings. The van der Waals surface area contributed by atoms with Gasteiger partial charge in [0.1, 0.15) is 0 Å². The van der Waals surface area contributed by atoms with Crippen molar-refractivity contribution in [3.63, 3.8) is 0 Å². The number of thioether (sulfide) groups is 1. The summed E-state index contributed by atoms with van der Waals surface area (Å²) in [6.07, 6.45) is 5.99. The summed E-state index contributed by atoms with van der Waals surface area (Å²) in [6, 6.07) is 9.17. The molecular formula is C17H29IN4S. The average molecular weight is 448 g/mol. The van der Waals surface area contributed by atoms with Gasteiger partial charge < -0.3 is 15.5 Å². The topological polar surface area (TPSA) is 39.7 Å². The smallest absolute Gasteiger partial charge is 0.191 e. The van der Waals surface area contributed by atoms with Gasteiger partial charge in [-0.2, -0.15) is 11.8 Å². The molecule has 23 heavy (non-hydrogen) atoms. The summed E-state index contributed by atoms with van der Waals surface area (Å²) < 4.78 is 0. The molecule has 1 saturated carbocycles. The monoisotopic (exact) mass is 448 g/mol. The van der Waals surface area contributed by atoms with E-state index in [1.807, 2.05) is 18.8 Å². The number of hydrogen-bond donors (Lipinski definition) is 2. The standard InChI is InChI=1S/C17H28N4S.HI/c1-18-17(20-14-7-10-16(11-14)22-4)19-12-13-5-8-15(9-6-13)21(2)3;/h5-6,8-9,14,16H,7,10-12H2,1-4H3,(H2,18,19,20);1H. The molecule has 2 atom stereocenters. The molecule has 1 aliphatic rings. The van der Waals surface area contributed by atoms with Gasteiger partial charge in [-0.3, -0.25) is 4.99 Å². The van der Waals surface area contributed by atoms with Gasteiger partial charge in [0, 0.05) is 44.7 Å². The fourth-order valence-electron chi connectivity index (χ4n) is 2.77. The van der Waals surface area contributed by atoms with Gasteiger partial charge in [0.2, 0.25) is 0 Å². The second kappa shape index (κ2) is 10.3. The summed E-state index contributed by atoms with van der Waals surface area (Å²) in [4.78, 5) is 6.45. The highest BCUT2D eigenvalue weighted by Crippen LogP contribution is 2.28. The lowest BCUT2D eigenvalue weighted by atomic mass is 10.2. The van der Waals surface area contributed by atoms with Crippen LogP contribution in [-0.4, -0.2) is 44.7 Å². The van der Waals surface area contributed by atoms with Crippen molar-refractivity contribution in [3.05, 3.63) is 29.8 Å². The Morgan fingerprint density at radius 2 is 1.96 bits per heavy atom. The SMILES string of the molecule is CN=C(NCc1ccc(N(C)C)cc1)NC1CCC(SC)C1.I. The fraction of sp³-hybridized carbons (Fsp3) is 0.588. The van der Waals surface area contributed by atoms with Crippen molar-refractivity contribution in [2.24, 2.45) is 4.99 Å². The Balaban J connectivity index is 0.00000264. The molecule has 0 bridgehead atoms. The molecular weight excluding hydrogens is 419 g/mol. The number of nitrogens with zero attached hydrogens (tertiary/aromatic N) is 2. The van der Waals surface area contributed by atoms with Crippen LogP contribution in [0.1, 0.15) is 24.8 Å². The predicted octanol–water partition coefficient (Wildman–Crippen LogP) is 3.32. The first kappa shape index (κ1) is 20.4. The highest BCUT2D eigenvalue weighted by atomic mass is 127. The van der Waals surface area contributed by atoms with Crippen molar-refractivity contribution in [2.75, 3.05) is 32.3 Å². The van der Waals surface area contributed by atoms with Crippen LogP contribution in [0.5, 0.6) is 0 Å². The Labute approximate surface area is 161 Å². The molecule has 2 rings (SSSR count). The van der Waals surface area contributed by atoms with Gasteiger partial charge in [0.05, 0.1) is 0 Å².